The van der Waals surface area contributed by atoms with Gasteiger partial charge in [-0.25, -0.2) is 9.59 Å². The molecule has 20 heavy (non-hydrogen) atoms. The summed E-state index contributed by atoms with van der Waals surface area (Å²) in [6.45, 7) is 1.61. The molecule has 1 saturated carbocycles. The molecule has 108 valence electrons. The van der Waals surface area contributed by atoms with E-state index >= 15 is 0 Å². The molecule has 0 spiro atoms. The summed E-state index contributed by atoms with van der Waals surface area (Å²) in [6, 6.07) is 0. The predicted octanol–water partition coefficient (Wildman–Crippen LogP) is 1.47. The van der Waals surface area contributed by atoms with Crippen molar-refractivity contribution in [3.8, 4) is 0 Å². The highest BCUT2D eigenvalue weighted by Gasteiger charge is 2.27. The van der Waals surface area contributed by atoms with E-state index in [0.29, 0.717) is 12.1 Å². The van der Waals surface area contributed by atoms with E-state index in [1.165, 1.54) is 18.9 Å². The van der Waals surface area contributed by atoms with Gasteiger partial charge in [-0.15, -0.1) is 0 Å². The number of ether oxygens (including phenoxy) is 1. The van der Waals surface area contributed by atoms with Crippen LogP contribution in [0.2, 0.25) is 0 Å². The lowest BCUT2D eigenvalue weighted by atomic mass is 9.99. The number of hydrogen-bond acceptors (Lipinski definition) is 6. The minimum absolute atomic E-state index is 0.150. The van der Waals surface area contributed by atoms with Crippen molar-refractivity contribution in [2.45, 2.75) is 42.9 Å². The zero-order valence-corrected chi connectivity index (χ0v) is 12.2. The van der Waals surface area contributed by atoms with Crippen LogP contribution in [0.1, 0.15) is 41.7 Å². The zero-order chi connectivity index (χ0) is 14.7. The Kier molecular flexibility index (Phi) is 4.59. The fourth-order valence-electron chi connectivity index (χ4n) is 2.20. The van der Waals surface area contributed by atoms with Gasteiger partial charge in [-0.05, 0) is 19.8 Å². The number of nitrogens with zero attached hydrogens (tertiary/aromatic N) is 1. The number of methoxy groups -OCH3 is 1. The Morgan fingerprint density at radius 1 is 1.40 bits per heavy atom. The van der Waals surface area contributed by atoms with Crippen LogP contribution in [0, 0.1) is 6.92 Å². The van der Waals surface area contributed by atoms with Crippen molar-refractivity contribution in [3.63, 3.8) is 0 Å². The third-order valence-corrected chi connectivity index (χ3v) is 4.53. The summed E-state index contributed by atoms with van der Waals surface area (Å²) in [4.78, 5) is 41.5. The van der Waals surface area contributed by atoms with Crippen molar-refractivity contribution in [2.24, 2.45) is 0 Å². The summed E-state index contributed by atoms with van der Waals surface area (Å²) in [7, 11) is 1.27. The summed E-state index contributed by atoms with van der Waals surface area (Å²) < 4.78 is 4.71. The van der Waals surface area contributed by atoms with Crippen LogP contribution >= 0.6 is 11.8 Å². The second-order valence-corrected chi connectivity index (χ2v) is 5.85. The van der Waals surface area contributed by atoms with Crippen molar-refractivity contribution in [1.82, 2.24) is 9.97 Å². The SMILES string of the molecule is COC(=O)c1c(SC2CCCCC2=O)nc(=O)[nH]c1C. The fraction of sp³-hybridized carbons (Fsp3) is 0.538. The van der Waals surface area contributed by atoms with Crippen LogP contribution in [0.3, 0.4) is 0 Å². The Labute approximate surface area is 120 Å². The van der Waals surface area contributed by atoms with Gasteiger partial charge in [0.05, 0.1) is 12.4 Å². The number of hydrogen-bond donors (Lipinski definition) is 1. The first-order valence-corrected chi connectivity index (χ1v) is 7.29. The van der Waals surface area contributed by atoms with Crippen LogP contribution in [-0.4, -0.2) is 34.1 Å². The molecule has 0 amide bonds. The summed E-state index contributed by atoms with van der Waals surface area (Å²) in [6.07, 6.45) is 3.17. The van der Waals surface area contributed by atoms with Gasteiger partial charge >= 0.3 is 11.7 Å². The topological polar surface area (TPSA) is 89.1 Å². The third kappa shape index (κ3) is 3.09. The second kappa shape index (κ2) is 6.21. The molecule has 2 rings (SSSR count). The Hall–Kier alpha value is -1.63. The fourth-order valence-corrected chi connectivity index (χ4v) is 3.49. The van der Waals surface area contributed by atoms with Crippen molar-refractivity contribution in [2.75, 3.05) is 7.11 Å². The average Bonchev–Trinajstić information content (AvgIpc) is 2.40. The molecule has 1 aliphatic rings. The third-order valence-electron chi connectivity index (χ3n) is 3.23. The highest BCUT2D eigenvalue weighted by molar-refractivity contribution is 8.00. The lowest BCUT2D eigenvalue weighted by Crippen LogP contribution is -2.24. The van der Waals surface area contributed by atoms with Crippen LogP contribution in [0.15, 0.2) is 9.82 Å². The molecule has 6 nitrogen and oxygen atoms in total. The highest BCUT2D eigenvalue weighted by Crippen LogP contribution is 2.32. The molecule has 0 aliphatic heterocycles. The largest absolute Gasteiger partial charge is 0.465 e. The van der Waals surface area contributed by atoms with Crippen LogP contribution < -0.4 is 5.69 Å². The van der Waals surface area contributed by atoms with E-state index in [2.05, 4.69) is 9.97 Å². The summed E-state index contributed by atoms with van der Waals surface area (Å²) in [5.74, 6) is -0.409. The molecule has 7 heteroatoms. The van der Waals surface area contributed by atoms with E-state index in [1.54, 1.807) is 6.92 Å². The number of nitrogens with one attached hydrogen (secondary N) is 1. The van der Waals surface area contributed by atoms with Gasteiger partial charge in [0.2, 0.25) is 0 Å². The number of aromatic nitrogens is 2. The Bertz CT molecular complexity index is 597. The van der Waals surface area contributed by atoms with E-state index in [-0.39, 0.29) is 21.6 Å². The molecule has 1 aliphatic carbocycles. The molecule has 1 atom stereocenters. The van der Waals surface area contributed by atoms with E-state index in [9.17, 15) is 14.4 Å². The first kappa shape index (κ1) is 14.8. The standard InChI is InChI=1S/C13H16N2O4S/c1-7-10(12(17)19-2)11(15-13(18)14-7)20-9-6-4-3-5-8(9)16/h9H,3-6H2,1-2H3,(H,14,15,18). The monoisotopic (exact) mass is 296 g/mol. The first-order chi connectivity index (χ1) is 9.52. The summed E-state index contributed by atoms with van der Waals surface area (Å²) in [5.41, 5.74) is 0.110. The number of aryl methyl sites for hydroxylation is 1. The van der Waals surface area contributed by atoms with Gasteiger partial charge in [0, 0.05) is 12.1 Å². The quantitative estimate of drug-likeness (QED) is 0.671. The number of Topliss-reactive ketones (excluding diaryl/α,β-unsaturated/α-hetero) is 1. The summed E-state index contributed by atoms with van der Waals surface area (Å²) >= 11 is 1.19. The van der Waals surface area contributed by atoms with Crippen LogP contribution in [0.4, 0.5) is 0 Å². The Morgan fingerprint density at radius 2 is 2.15 bits per heavy atom. The van der Waals surface area contributed by atoms with Gasteiger partial charge in [0.15, 0.2) is 0 Å². The Morgan fingerprint density at radius 3 is 2.80 bits per heavy atom. The molecule has 1 fully saturated rings. The molecule has 0 bridgehead atoms. The van der Waals surface area contributed by atoms with Crippen LogP contribution in [0.5, 0.6) is 0 Å². The van der Waals surface area contributed by atoms with Gasteiger partial charge < -0.3 is 9.72 Å². The van der Waals surface area contributed by atoms with Gasteiger partial charge in [0.25, 0.3) is 0 Å². The van der Waals surface area contributed by atoms with Crippen LogP contribution in [0.25, 0.3) is 0 Å². The number of aromatic amines is 1. The van der Waals surface area contributed by atoms with Crippen molar-refractivity contribution >= 4 is 23.5 Å². The first-order valence-electron chi connectivity index (χ1n) is 6.41. The van der Waals surface area contributed by atoms with Crippen LogP contribution in [-0.2, 0) is 9.53 Å². The molecule has 0 aromatic carbocycles. The predicted molar refractivity (Wildman–Crippen MR) is 74.1 cm³/mol. The molecule has 1 N–H and O–H groups in total. The smallest absolute Gasteiger partial charge is 0.346 e. The van der Waals surface area contributed by atoms with Crippen molar-refractivity contribution in [3.05, 3.63) is 21.7 Å². The summed E-state index contributed by atoms with van der Waals surface area (Å²) in [5, 5.41) is 0.0409. The van der Waals surface area contributed by atoms with E-state index in [0.717, 1.165) is 19.3 Å². The van der Waals surface area contributed by atoms with E-state index in [4.69, 9.17) is 4.74 Å². The second-order valence-electron chi connectivity index (χ2n) is 4.66. The molecular formula is C13H16N2O4S. The zero-order valence-electron chi connectivity index (χ0n) is 11.4. The lowest BCUT2D eigenvalue weighted by Gasteiger charge is -2.20. The number of carbonyl (C=O) groups is 2. The molecule has 0 radical (unpaired) electrons. The molecular weight excluding hydrogens is 280 g/mol. The number of esters is 1. The average molecular weight is 296 g/mol. The number of carbonyl (C=O) groups excluding carboxylic acids is 2. The molecule has 1 heterocycles. The number of H-pyrrole nitrogens is 1. The normalized spacial score (nSPS) is 18.9. The van der Waals surface area contributed by atoms with E-state index < -0.39 is 11.7 Å². The maximum Gasteiger partial charge on any atom is 0.346 e. The van der Waals surface area contributed by atoms with Gasteiger partial charge in [-0.2, -0.15) is 4.98 Å². The molecule has 0 saturated heterocycles. The number of thioether (sulfide) groups is 1. The molecule has 1 aromatic rings. The maximum absolute atomic E-state index is 11.9. The number of ketones is 1. The Balaban J connectivity index is 2.36. The van der Waals surface area contributed by atoms with Crippen molar-refractivity contribution < 1.29 is 14.3 Å². The van der Waals surface area contributed by atoms with Gasteiger partial charge in [-0.3, -0.25) is 4.79 Å². The highest BCUT2D eigenvalue weighted by atomic mass is 32.2. The minimum Gasteiger partial charge on any atom is -0.465 e. The lowest BCUT2D eigenvalue weighted by molar-refractivity contribution is -0.119. The van der Waals surface area contributed by atoms with E-state index in [1.807, 2.05) is 0 Å². The van der Waals surface area contributed by atoms with Crippen molar-refractivity contribution in [1.29, 1.82) is 0 Å². The molecule has 1 unspecified atom stereocenters. The number of rotatable bonds is 3. The minimum atomic E-state index is -0.558. The van der Waals surface area contributed by atoms with Gasteiger partial charge in [0.1, 0.15) is 16.4 Å². The van der Waals surface area contributed by atoms with Gasteiger partial charge in [-0.1, -0.05) is 18.2 Å². The maximum atomic E-state index is 11.9. The molecule has 1 aromatic heterocycles.